The van der Waals surface area contributed by atoms with Crippen molar-refractivity contribution in [2.24, 2.45) is 5.92 Å². The van der Waals surface area contributed by atoms with E-state index in [9.17, 15) is 45.8 Å². The molecule has 0 spiro atoms. The van der Waals surface area contributed by atoms with E-state index >= 15 is 0 Å². The lowest BCUT2D eigenvalue weighted by Gasteiger charge is -2.31. The summed E-state index contributed by atoms with van der Waals surface area (Å²) in [5, 5.41) is 14.3. The number of piperidine rings is 1. The Morgan fingerprint density at radius 1 is 0.979 bits per heavy atom. The third kappa shape index (κ3) is 10.00. The van der Waals surface area contributed by atoms with Crippen LogP contribution in [0.25, 0.3) is 6.08 Å². The maximum absolute atomic E-state index is 13.3. The Morgan fingerprint density at radius 3 is 2.32 bits per heavy atom. The van der Waals surface area contributed by atoms with Gasteiger partial charge in [-0.3, -0.25) is 9.59 Å². The van der Waals surface area contributed by atoms with E-state index in [0.717, 1.165) is 42.1 Å². The van der Waals surface area contributed by atoms with Crippen molar-refractivity contribution in [2.45, 2.75) is 37.8 Å². The van der Waals surface area contributed by atoms with Crippen LogP contribution in [0, 0.1) is 5.92 Å². The Labute approximate surface area is 264 Å². The van der Waals surface area contributed by atoms with Crippen molar-refractivity contribution in [3.8, 4) is 0 Å². The molecule has 1 aromatic heterocycles. The van der Waals surface area contributed by atoms with Crippen LogP contribution < -0.4 is 15.5 Å². The fraction of sp³-hybridized carbons (Fsp3) is 0.323. The summed E-state index contributed by atoms with van der Waals surface area (Å²) in [6.07, 6.45) is -7.17. The van der Waals surface area contributed by atoms with Crippen LogP contribution in [0.4, 0.5) is 32.3 Å². The van der Waals surface area contributed by atoms with Gasteiger partial charge in [0.1, 0.15) is 11.4 Å². The minimum absolute atomic E-state index is 0.0361. The van der Waals surface area contributed by atoms with Crippen LogP contribution in [0.15, 0.2) is 72.6 Å². The van der Waals surface area contributed by atoms with Crippen molar-refractivity contribution in [1.82, 2.24) is 20.6 Å². The minimum atomic E-state index is -4.70. The third-order valence-corrected chi connectivity index (χ3v) is 7.11. The number of anilines is 1. The van der Waals surface area contributed by atoms with Crippen LogP contribution in [0.3, 0.4) is 0 Å². The summed E-state index contributed by atoms with van der Waals surface area (Å²) < 4.78 is 84.7. The number of benzene rings is 2. The number of alkyl halides is 6. The molecule has 3 aromatic rings. The largest absolute Gasteiger partial charge is 0.480 e. The highest BCUT2D eigenvalue weighted by Gasteiger charge is 2.35. The number of halogens is 6. The van der Waals surface area contributed by atoms with Crippen molar-refractivity contribution in [3.05, 3.63) is 94.9 Å². The SMILES string of the molecule is O=C(NC(COCc1ccccc1)C(=O)O)/C(=C\c1cccc(C(F)(F)F)c1)NC(=O)C1CCN(c2nccc(C(F)(F)F)n2)CC1. The topological polar surface area (TPSA) is 134 Å². The second-order valence-corrected chi connectivity index (χ2v) is 10.5. The molecule has 47 heavy (non-hydrogen) atoms. The Morgan fingerprint density at radius 2 is 1.68 bits per heavy atom. The van der Waals surface area contributed by atoms with Gasteiger partial charge in [0.2, 0.25) is 11.9 Å². The molecule has 1 atom stereocenters. The minimum Gasteiger partial charge on any atom is -0.480 e. The van der Waals surface area contributed by atoms with Gasteiger partial charge in [-0.25, -0.2) is 14.8 Å². The first-order valence-electron chi connectivity index (χ1n) is 14.2. The van der Waals surface area contributed by atoms with Crippen LogP contribution in [0.2, 0.25) is 0 Å². The van der Waals surface area contributed by atoms with Gasteiger partial charge in [-0.2, -0.15) is 26.3 Å². The normalized spacial score (nSPS) is 15.2. The second kappa shape index (κ2) is 15.1. The van der Waals surface area contributed by atoms with Crippen LogP contribution in [-0.2, 0) is 38.1 Å². The number of aliphatic carboxylic acids is 1. The highest BCUT2D eigenvalue weighted by molar-refractivity contribution is 6.03. The van der Waals surface area contributed by atoms with Crippen molar-refractivity contribution < 1.29 is 50.6 Å². The van der Waals surface area contributed by atoms with Crippen LogP contribution in [0.5, 0.6) is 0 Å². The number of rotatable bonds is 11. The average Bonchev–Trinajstić information content (AvgIpc) is 3.04. The third-order valence-electron chi connectivity index (χ3n) is 7.11. The molecule has 4 rings (SSSR count). The fourth-order valence-electron chi connectivity index (χ4n) is 4.64. The molecule has 2 amide bonds. The summed E-state index contributed by atoms with van der Waals surface area (Å²) in [6.45, 7) is -0.235. The van der Waals surface area contributed by atoms with Crippen molar-refractivity contribution in [3.63, 3.8) is 0 Å². The van der Waals surface area contributed by atoms with Gasteiger partial charge >= 0.3 is 18.3 Å². The summed E-state index contributed by atoms with van der Waals surface area (Å²) in [5.74, 6) is -4.17. The molecule has 3 N–H and O–H groups in total. The van der Waals surface area contributed by atoms with E-state index in [2.05, 4.69) is 20.6 Å². The summed E-state index contributed by atoms with van der Waals surface area (Å²) in [4.78, 5) is 47.4. The van der Waals surface area contributed by atoms with Crippen molar-refractivity contribution in [2.75, 3.05) is 24.6 Å². The summed E-state index contributed by atoms with van der Waals surface area (Å²) in [6, 6.07) is 11.9. The van der Waals surface area contributed by atoms with Crippen molar-refractivity contribution in [1.29, 1.82) is 0 Å². The van der Waals surface area contributed by atoms with Gasteiger partial charge in [0.05, 0.1) is 18.8 Å². The number of hydrogen-bond acceptors (Lipinski definition) is 7. The highest BCUT2D eigenvalue weighted by Crippen LogP contribution is 2.31. The van der Waals surface area contributed by atoms with Crippen molar-refractivity contribution >= 4 is 29.8 Å². The molecule has 0 bridgehead atoms. The van der Waals surface area contributed by atoms with Crippen LogP contribution in [-0.4, -0.2) is 58.6 Å². The van der Waals surface area contributed by atoms with E-state index in [4.69, 9.17) is 4.74 Å². The number of amides is 2. The Hall–Kier alpha value is -4.99. The number of hydrogen-bond donors (Lipinski definition) is 3. The molecule has 0 saturated carbocycles. The molecule has 1 saturated heterocycles. The van der Waals surface area contributed by atoms with Gasteiger partial charge in [-0.15, -0.1) is 0 Å². The first-order valence-corrected chi connectivity index (χ1v) is 14.2. The van der Waals surface area contributed by atoms with Gasteiger partial charge in [-0.05, 0) is 48.2 Å². The lowest BCUT2D eigenvalue weighted by Crippen LogP contribution is -2.48. The first-order chi connectivity index (χ1) is 22.2. The molecule has 0 aliphatic carbocycles. The molecule has 2 aromatic carbocycles. The number of aromatic nitrogens is 2. The number of carbonyl (C=O) groups is 3. The maximum Gasteiger partial charge on any atom is 0.433 e. The van der Waals surface area contributed by atoms with E-state index < -0.39 is 65.7 Å². The summed E-state index contributed by atoms with van der Waals surface area (Å²) in [5.41, 5.74) is -2.02. The molecular weight excluding hydrogens is 636 g/mol. The number of ether oxygens (including phenoxy) is 1. The monoisotopic (exact) mass is 665 g/mol. The fourth-order valence-corrected chi connectivity index (χ4v) is 4.64. The number of carboxylic acids is 1. The number of nitrogens with zero attached hydrogens (tertiary/aromatic N) is 3. The lowest BCUT2D eigenvalue weighted by atomic mass is 9.96. The smallest absolute Gasteiger partial charge is 0.433 e. The zero-order chi connectivity index (χ0) is 34.2. The Balaban J connectivity index is 1.48. The lowest BCUT2D eigenvalue weighted by molar-refractivity contribution is -0.143. The highest BCUT2D eigenvalue weighted by atomic mass is 19.4. The molecule has 250 valence electrons. The number of nitrogens with one attached hydrogen (secondary N) is 2. The van der Waals surface area contributed by atoms with Crippen LogP contribution in [0.1, 0.15) is 35.2 Å². The van der Waals surface area contributed by atoms with E-state index in [-0.39, 0.29) is 44.0 Å². The first kappa shape index (κ1) is 34.9. The zero-order valence-corrected chi connectivity index (χ0v) is 24.5. The second-order valence-electron chi connectivity index (χ2n) is 10.5. The molecule has 0 radical (unpaired) electrons. The Kier molecular flexibility index (Phi) is 11.2. The van der Waals surface area contributed by atoms with Gasteiger partial charge in [0.15, 0.2) is 6.04 Å². The standard InChI is InChI=1S/C31H29F6N5O5/c32-30(33,34)22-8-4-7-20(15-22)16-23(27(44)40-24(28(45)46)18-47-17-19-5-2-1-3-6-19)39-26(43)21-10-13-42(14-11-21)29-38-12-9-25(41-29)31(35,36)37/h1-9,12,15-16,21,24H,10-11,13-14,17-18H2,(H,39,43)(H,40,44)(H,45,46)/b23-16+. The Bertz CT molecular complexity index is 1590. The van der Waals surface area contributed by atoms with Gasteiger partial charge < -0.3 is 25.4 Å². The van der Waals surface area contributed by atoms with Gasteiger partial charge in [0.25, 0.3) is 5.91 Å². The van der Waals surface area contributed by atoms with Crippen LogP contribution >= 0.6 is 0 Å². The summed E-state index contributed by atoms with van der Waals surface area (Å²) in [7, 11) is 0. The van der Waals surface area contributed by atoms with E-state index in [1.54, 1.807) is 30.3 Å². The predicted octanol–water partition coefficient (Wildman–Crippen LogP) is 4.67. The molecule has 1 unspecified atom stereocenters. The van der Waals surface area contributed by atoms with Gasteiger partial charge in [0, 0.05) is 25.2 Å². The quantitative estimate of drug-likeness (QED) is 0.199. The predicted molar refractivity (Wildman–Crippen MR) is 155 cm³/mol. The average molecular weight is 666 g/mol. The van der Waals surface area contributed by atoms with E-state index in [1.165, 1.54) is 11.0 Å². The zero-order valence-electron chi connectivity index (χ0n) is 24.5. The number of carboxylic acid groups (broad SMARTS) is 1. The molecule has 1 aliphatic heterocycles. The molecule has 1 aliphatic rings. The molecule has 1 fully saturated rings. The molecule has 16 heteroatoms. The summed E-state index contributed by atoms with van der Waals surface area (Å²) >= 11 is 0. The number of carbonyl (C=O) groups excluding carboxylic acids is 2. The van der Waals surface area contributed by atoms with Gasteiger partial charge in [-0.1, -0.05) is 42.5 Å². The maximum atomic E-state index is 13.3. The molecule has 10 nitrogen and oxygen atoms in total. The van der Waals surface area contributed by atoms with E-state index in [0.29, 0.717) is 0 Å². The molecular formula is C31H29F6N5O5. The van der Waals surface area contributed by atoms with E-state index in [1.807, 2.05) is 0 Å². The molecule has 2 heterocycles.